The maximum absolute atomic E-state index is 12.4. The number of hydrogen-bond acceptors (Lipinski definition) is 3. The first-order valence-corrected chi connectivity index (χ1v) is 8.78. The van der Waals surface area contributed by atoms with Crippen molar-refractivity contribution < 1.29 is 14.7 Å². The molecule has 0 aliphatic heterocycles. The summed E-state index contributed by atoms with van der Waals surface area (Å²) in [7, 11) is 1.92. The van der Waals surface area contributed by atoms with Crippen molar-refractivity contribution in [1.82, 2.24) is 20.2 Å². The molecule has 7 nitrogen and oxygen atoms in total. The summed E-state index contributed by atoms with van der Waals surface area (Å²) in [6.45, 7) is 0.294. The number of aryl methyl sites for hydroxylation is 1. The number of aliphatic carboxylic acids is 1. The maximum atomic E-state index is 12.4. The lowest BCUT2D eigenvalue weighted by Crippen LogP contribution is -2.39. The average Bonchev–Trinajstić information content (AvgIpc) is 3.01. The topological polar surface area (TPSA) is 96.2 Å². The van der Waals surface area contributed by atoms with Crippen LogP contribution in [-0.4, -0.2) is 33.2 Å². The van der Waals surface area contributed by atoms with Crippen molar-refractivity contribution in [3.63, 3.8) is 0 Å². The molecule has 0 spiro atoms. The first-order chi connectivity index (χ1) is 13.1. The van der Waals surface area contributed by atoms with E-state index in [9.17, 15) is 9.59 Å². The lowest BCUT2D eigenvalue weighted by molar-refractivity contribution is -0.137. The van der Waals surface area contributed by atoms with E-state index in [0.717, 1.165) is 22.4 Å². The first kappa shape index (κ1) is 18.4. The summed E-state index contributed by atoms with van der Waals surface area (Å²) in [4.78, 5) is 27.6. The van der Waals surface area contributed by atoms with Crippen molar-refractivity contribution in [2.75, 3.05) is 6.54 Å². The molecular formula is C20H22N4O3. The molecule has 0 saturated heterocycles. The van der Waals surface area contributed by atoms with Crippen molar-refractivity contribution in [3.05, 3.63) is 66.0 Å². The Morgan fingerprint density at radius 1 is 1.11 bits per heavy atom. The number of carboxylic acid groups (broad SMARTS) is 1. The molecule has 1 atom stereocenters. The molecular weight excluding hydrogens is 344 g/mol. The van der Waals surface area contributed by atoms with E-state index < -0.39 is 12.0 Å². The Balaban J connectivity index is 1.82. The fourth-order valence-corrected chi connectivity index (χ4v) is 2.99. The Hall–Kier alpha value is -3.35. The van der Waals surface area contributed by atoms with Gasteiger partial charge in [0.25, 0.3) is 0 Å². The predicted molar refractivity (Wildman–Crippen MR) is 102 cm³/mol. The van der Waals surface area contributed by atoms with Gasteiger partial charge in [-0.15, -0.1) is 0 Å². The van der Waals surface area contributed by atoms with Crippen LogP contribution in [0.5, 0.6) is 0 Å². The van der Waals surface area contributed by atoms with Crippen molar-refractivity contribution in [2.24, 2.45) is 7.05 Å². The quantitative estimate of drug-likeness (QED) is 0.560. The zero-order valence-electron chi connectivity index (χ0n) is 15.1. The number of imidazole rings is 1. The minimum atomic E-state index is -0.876. The molecule has 0 aliphatic carbocycles. The van der Waals surface area contributed by atoms with Crippen LogP contribution in [0.2, 0.25) is 0 Å². The Morgan fingerprint density at radius 3 is 2.52 bits per heavy atom. The maximum Gasteiger partial charge on any atom is 0.315 e. The third-order valence-corrected chi connectivity index (χ3v) is 4.34. The number of carbonyl (C=O) groups is 2. The minimum absolute atomic E-state index is 0.0210. The largest absolute Gasteiger partial charge is 0.481 e. The summed E-state index contributed by atoms with van der Waals surface area (Å²) in [6, 6.07) is 16.6. The lowest BCUT2D eigenvalue weighted by Gasteiger charge is -2.19. The van der Waals surface area contributed by atoms with Crippen LogP contribution in [0.1, 0.15) is 30.3 Å². The number of nitrogens with zero attached hydrogens (tertiary/aromatic N) is 2. The third kappa shape index (κ3) is 4.44. The Bertz CT molecular complexity index is 937. The smallest absolute Gasteiger partial charge is 0.315 e. The number of carbonyl (C=O) groups excluding carboxylic acids is 1. The predicted octanol–water partition coefficient (Wildman–Crippen LogP) is 2.83. The van der Waals surface area contributed by atoms with E-state index in [1.807, 2.05) is 66.2 Å². The van der Waals surface area contributed by atoms with Crippen molar-refractivity contribution >= 4 is 23.0 Å². The summed E-state index contributed by atoms with van der Waals surface area (Å²) in [5.41, 5.74) is 2.76. The number of para-hydroxylation sites is 2. The number of carboxylic acids is 1. The number of amides is 2. The fraction of sp³-hybridized carbons (Fsp3) is 0.250. The second-order valence-electron chi connectivity index (χ2n) is 6.26. The molecule has 2 aromatic carbocycles. The van der Waals surface area contributed by atoms with Gasteiger partial charge >= 0.3 is 12.0 Å². The van der Waals surface area contributed by atoms with E-state index in [1.165, 1.54) is 0 Å². The van der Waals surface area contributed by atoms with Crippen LogP contribution < -0.4 is 10.6 Å². The van der Waals surface area contributed by atoms with Crippen molar-refractivity contribution in [2.45, 2.75) is 18.9 Å². The van der Waals surface area contributed by atoms with Gasteiger partial charge in [-0.1, -0.05) is 42.5 Å². The number of nitrogens with one attached hydrogen (secondary N) is 2. The molecule has 7 heteroatoms. The zero-order valence-corrected chi connectivity index (χ0v) is 15.1. The Labute approximate surface area is 157 Å². The van der Waals surface area contributed by atoms with Crippen molar-refractivity contribution in [1.29, 1.82) is 0 Å². The highest BCUT2D eigenvalue weighted by molar-refractivity contribution is 5.77. The van der Waals surface area contributed by atoms with Gasteiger partial charge in [0.1, 0.15) is 11.9 Å². The number of urea groups is 1. The highest BCUT2D eigenvalue weighted by Crippen LogP contribution is 2.24. The van der Waals surface area contributed by atoms with Crippen LogP contribution in [0.25, 0.3) is 11.0 Å². The van der Waals surface area contributed by atoms with Crippen LogP contribution in [0, 0.1) is 0 Å². The lowest BCUT2D eigenvalue weighted by atomic mass is 10.1. The van der Waals surface area contributed by atoms with Crippen LogP contribution in [0.15, 0.2) is 54.6 Å². The van der Waals surface area contributed by atoms with Gasteiger partial charge in [-0.25, -0.2) is 9.78 Å². The standard InChI is InChI=1S/C20H22N4O3/c1-24-16-11-6-5-10-15(16)22-19(24)18(14-8-3-2-4-9-14)23-20(27)21-13-7-12-17(25)26/h2-6,8-11,18H,7,12-13H2,1H3,(H,25,26)(H2,21,23,27). The number of rotatable bonds is 7. The van der Waals surface area contributed by atoms with Crippen LogP contribution in [0.3, 0.4) is 0 Å². The third-order valence-electron chi connectivity index (χ3n) is 4.34. The van der Waals surface area contributed by atoms with E-state index >= 15 is 0 Å². The highest BCUT2D eigenvalue weighted by atomic mass is 16.4. The summed E-state index contributed by atoms with van der Waals surface area (Å²) in [5, 5.41) is 14.4. The molecule has 1 unspecified atom stereocenters. The molecule has 0 saturated carbocycles. The zero-order chi connectivity index (χ0) is 19.2. The Morgan fingerprint density at radius 2 is 1.81 bits per heavy atom. The normalized spacial score (nSPS) is 11.9. The number of benzene rings is 2. The number of fused-ring (bicyclic) bond motifs is 1. The van der Waals surface area contributed by atoms with Crippen LogP contribution in [0.4, 0.5) is 4.79 Å². The minimum Gasteiger partial charge on any atom is -0.481 e. The second kappa shape index (κ2) is 8.35. The molecule has 140 valence electrons. The van der Waals surface area contributed by atoms with E-state index in [4.69, 9.17) is 10.1 Å². The average molecular weight is 366 g/mol. The van der Waals surface area contributed by atoms with Gasteiger partial charge in [-0.3, -0.25) is 4.79 Å². The Kier molecular flexibility index (Phi) is 5.71. The monoisotopic (exact) mass is 366 g/mol. The fourth-order valence-electron chi connectivity index (χ4n) is 2.99. The van der Waals surface area contributed by atoms with Gasteiger partial charge in [-0.2, -0.15) is 0 Å². The molecule has 0 bridgehead atoms. The molecule has 3 N–H and O–H groups in total. The highest BCUT2D eigenvalue weighted by Gasteiger charge is 2.22. The number of aromatic nitrogens is 2. The molecule has 0 radical (unpaired) electrons. The summed E-state index contributed by atoms with van der Waals surface area (Å²) < 4.78 is 1.97. The molecule has 1 aromatic heterocycles. The molecule has 1 heterocycles. The van der Waals surface area contributed by atoms with E-state index in [-0.39, 0.29) is 12.5 Å². The SMILES string of the molecule is Cn1c(C(NC(=O)NCCCC(=O)O)c2ccccc2)nc2ccccc21. The first-order valence-electron chi connectivity index (χ1n) is 8.78. The van der Waals surface area contributed by atoms with Gasteiger partial charge in [0.2, 0.25) is 0 Å². The molecule has 27 heavy (non-hydrogen) atoms. The molecule has 3 rings (SSSR count). The molecule has 3 aromatic rings. The van der Waals surface area contributed by atoms with Gasteiger partial charge in [0, 0.05) is 20.0 Å². The van der Waals surface area contributed by atoms with Crippen LogP contribution in [-0.2, 0) is 11.8 Å². The van der Waals surface area contributed by atoms with E-state index in [1.54, 1.807) is 0 Å². The summed E-state index contributed by atoms with van der Waals surface area (Å²) >= 11 is 0. The van der Waals surface area contributed by atoms with Crippen molar-refractivity contribution in [3.8, 4) is 0 Å². The summed E-state index contributed by atoms with van der Waals surface area (Å²) in [6.07, 6.45) is 0.401. The van der Waals surface area contributed by atoms with Gasteiger partial charge in [0.05, 0.1) is 11.0 Å². The molecule has 2 amide bonds. The summed E-state index contributed by atoms with van der Waals surface area (Å²) in [5.74, 6) is -0.151. The number of hydrogen-bond donors (Lipinski definition) is 3. The van der Waals surface area contributed by atoms with E-state index in [0.29, 0.717) is 13.0 Å². The van der Waals surface area contributed by atoms with E-state index in [2.05, 4.69) is 10.6 Å². The van der Waals surface area contributed by atoms with Gasteiger partial charge in [0.15, 0.2) is 0 Å². The molecule has 0 fully saturated rings. The van der Waals surface area contributed by atoms with Crippen LogP contribution >= 0.6 is 0 Å². The molecule has 0 aliphatic rings. The van der Waals surface area contributed by atoms with Gasteiger partial charge in [-0.05, 0) is 24.1 Å². The second-order valence-corrected chi connectivity index (χ2v) is 6.26. The van der Waals surface area contributed by atoms with Gasteiger partial charge < -0.3 is 20.3 Å².